The van der Waals surface area contributed by atoms with Crippen LogP contribution in [0, 0.1) is 19.3 Å². The first-order valence-electron chi connectivity index (χ1n) is 5.91. The third-order valence-electron chi connectivity index (χ3n) is 2.89. The Kier molecular flexibility index (Phi) is 4.34. The summed E-state index contributed by atoms with van der Waals surface area (Å²) >= 11 is 0. The van der Waals surface area contributed by atoms with Gasteiger partial charge in [-0.2, -0.15) is 0 Å². The monoisotopic (exact) mass is 238 g/mol. The van der Waals surface area contributed by atoms with E-state index >= 15 is 0 Å². The summed E-state index contributed by atoms with van der Waals surface area (Å²) in [6, 6.07) is 1.95. The van der Waals surface area contributed by atoms with Crippen LogP contribution < -0.4 is 5.32 Å². The average molecular weight is 238 g/mol. The second-order valence-electron chi connectivity index (χ2n) is 5.33. The molecule has 1 rings (SSSR count). The number of hydrogen-bond donors (Lipinski definition) is 3. The van der Waals surface area contributed by atoms with Crippen LogP contribution in [0.1, 0.15) is 42.0 Å². The Hall–Kier alpha value is -1.29. The Morgan fingerprint density at radius 3 is 2.59 bits per heavy atom. The first kappa shape index (κ1) is 13.8. The van der Waals surface area contributed by atoms with Gasteiger partial charge in [-0.3, -0.25) is 4.79 Å². The molecule has 1 amide bonds. The van der Waals surface area contributed by atoms with Crippen molar-refractivity contribution in [3.63, 3.8) is 0 Å². The molecule has 1 aromatic heterocycles. The van der Waals surface area contributed by atoms with Crippen LogP contribution in [0.4, 0.5) is 0 Å². The summed E-state index contributed by atoms with van der Waals surface area (Å²) < 4.78 is 0. The molecular weight excluding hydrogens is 216 g/mol. The summed E-state index contributed by atoms with van der Waals surface area (Å²) in [6.45, 7) is 8.59. The number of carbonyl (C=O) groups excluding carboxylic acids is 1. The summed E-state index contributed by atoms with van der Waals surface area (Å²) in [5.74, 6) is -0.0818. The third-order valence-corrected chi connectivity index (χ3v) is 2.89. The minimum atomic E-state index is -0.0834. The molecule has 0 radical (unpaired) electrons. The molecule has 4 nitrogen and oxygen atoms in total. The molecule has 0 aliphatic rings. The van der Waals surface area contributed by atoms with Gasteiger partial charge < -0.3 is 15.4 Å². The van der Waals surface area contributed by atoms with Crippen molar-refractivity contribution in [2.24, 2.45) is 5.41 Å². The molecule has 0 saturated carbocycles. The SMILES string of the molecule is Cc1cc(C)c(C(=O)NCC(C)(C)CCO)[nH]1. The fraction of sp³-hybridized carbons (Fsp3) is 0.615. The number of aliphatic hydroxyl groups excluding tert-OH is 1. The van der Waals surface area contributed by atoms with Gasteiger partial charge in [-0.15, -0.1) is 0 Å². The number of carbonyl (C=O) groups is 1. The van der Waals surface area contributed by atoms with E-state index in [1.165, 1.54) is 0 Å². The van der Waals surface area contributed by atoms with Gasteiger partial charge in [-0.05, 0) is 37.3 Å². The van der Waals surface area contributed by atoms with Crippen molar-refractivity contribution < 1.29 is 9.90 Å². The lowest BCUT2D eigenvalue weighted by molar-refractivity contribution is 0.0923. The zero-order valence-corrected chi connectivity index (χ0v) is 11.1. The Labute approximate surface area is 102 Å². The van der Waals surface area contributed by atoms with E-state index in [1.807, 2.05) is 33.8 Å². The second kappa shape index (κ2) is 5.36. The summed E-state index contributed by atoms with van der Waals surface area (Å²) in [5.41, 5.74) is 2.49. The van der Waals surface area contributed by atoms with Gasteiger partial charge in [0, 0.05) is 18.8 Å². The van der Waals surface area contributed by atoms with Gasteiger partial charge in [0.1, 0.15) is 5.69 Å². The quantitative estimate of drug-likeness (QED) is 0.732. The number of aromatic nitrogens is 1. The number of amides is 1. The first-order valence-corrected chi connectivity index (χ1v) is 5.91. The Morgan fingerprint density at radius 2 is 2.12 bits per heavy atom. The number of H-pyrrole nitrogens is 1. The lowest BCUT2D eigenvalue weighted by Gasteiger charge is -2.23. The van der Waals surface area contributed by atoms with Crippen molar-refractivity contribution in [3.8, 4) is 0 Å². The van der Waals surface area contributed by atoms with Crippen LogP contribution in [-0.4, -0.2) is 29.1 Å². The number of nitrogens with one attached hydrogen (secondary N) is 2. The minimum absolute atomic E-state index is 0.0818. The zero-order chi connectivity index (χ0) is 13.1. The van der Waals surface area contributed by atoms with Crippen LogP contribution in [0.2, 0.25) is 0 Å². The average Bonchev–Trinajstić information content (AvgIpc) is 2.54. The van der Waals surface area contributed by atoms with Gasteiger partial charge in [0.05, 0.1) is 0 Å². The maximum atomic E-state index is 11.9. The van der Waals surface area contributed by atoms with Crippen molar-refractivity contribution in [1.82, 2.24) is 10.3 Å². The maximum Gasteiger partial charge on any atom is 0.267 e. The highest BCUT2D eigenvalue weighted by Crippen LogP contribution is 2.18. The third kappa shape index (κ3) is 3.89. The Bertz CT molecular complexity index is 394. The van der Waals surface area contributed by atoms with Gasteiger partial charge in [-0.25, -0.2) is 0 Å². The first-order chi connectivity index (χ1) is 7.85. The number of hydrogen-bond acceptors (Lipinski definition) is 2. The molecule has 0 aliphatic heterocycles. The van der Waals surface area contributed by atoms with Crippen molar-refractivity contribution in [1.29, 1.82) is 0 Å². The Balaban J connectivity index is 2.59. The van der Waals surface area contributed by atoms with Crippen LogP contribution in [0.5, 0.6) is 0 Å². The van der Waals surface area contributed by atoms with Crippen molar-refractivity contribution in [2.45, 2.75) is 34.1 Å². The molecule has 4 heteroatoms. The topological polar surface area (TPSA) is 65.1 Å². The van der Waals surface area contributed by atoms with E-state index in [2.05, 4.69) is 10.3 Å². The largest absolute Gasteiger partial charge is 0.396 e. The van der Waals surface area contributed by atoms with Gasteiger partial charge in [-0.1, -0.05) is 13.8 Å². The fourth-order valence-corrected chi connectivity index (χ4v) is 1.76. The number of aromatic amines is 1. The van der Waals surface area contributed by atoms with Crippen molar-refractivity contribution >= 4 is 5.91 Å². The molecule has 0 unspecified atom stereocenters. The number of rotatable bonds is 5. The molecule has 1 aromatic rings. The van der Waals surface area contributed by atoms with Crippen molar-refractivity contribution in [2.75, 3.05) is 13.2 Å². The molecule has 17 heavy (non-hydrogen) atoms. The lowest BCUT2D eigenvalue weighted by atomic mass is 9.90. The predicted molar refractivity (Wildman–Crippen MR) is 68.1 cm³/mol. The van der Waals surface area contributed by atoms with Gasteiger partial charge in [0.25, 0.3) is 5.91 Å². The summed E-state index contributed by atoms with van der Waals surface area (Å²) in [6.07, 6.45) is 0.677. The number of aryl methyl sites for hydroxylation is 2. The van der Waals surface area contributed by atoms with E-state index < -0.39 is 0 Å². The summed E-state index contributed by atoms with van der Waals surface area (Å²) in [5, 5.41) is 11.8. The van der Waals surface area contributed by atoms with E-state index in [4.69, 9.17) is 5.11 Å². The highest BCUT2D eigenvalue weighted by molar-refractivity contribution is 5.94. The molecular formula is C13H22N2O2. The van der Waals surface area contributed by atoms with E-state index in [0.29, 0.717) is 18.7 Å². The molecule has 0 saturated heterocycles. The van der Waals surface area contributed by atoms with Crippen LogP contribution in [0.3, 0.4) is 0 Å². The molecule has 0 bridgehead atoms. The molecule has 0 aliphatic carbocycles. The fourth-order valence-electron chi connectivity index (χ4n) is 1.76. The Morgan fingerprint density at radius 1 is 1.47 bits per heavy atom. The van der Waals surface area contributed by atoms with E-state index in [1.54, 1.807) is 0 Å². The van der Waals surface area contributed by atoms with Crippen molar-refractivity contribution in [3.05, 3.63) is 23.0 Å². The summed E-state index contributed by atoms with van der Waals surface area (Å²) in [4.78, 5) is 15.0. The molecule has 0 atom stereocenters. The smallest absolute Gasteiger partial charge is 0.267 e. The van der Waals surface area contributed by atoms with Gasteiger partial charge in [0.2, 0.25) is 0 Å². The molecule has 0 spiro atoms. The molecule has 0 fully saturated rings. The van der Waals surface area contributed by atoms with Crippen LogP contribution in [-0.2, 0) is 0 Å². The molecule has 1 heterocycles. The predicted octanol–water partition coefficient (Wildman–Crippen LogP) is 1.77. The van der Waals surface area contributed by atoms with Crippen LogP contribution in [0.15, 0.2) is 6.07 Å². The second-order valence-corrected chi connectivity index (χ2v) is 5.33. The highest BCUT2D eigenvalue weighted by Gasteiger charge is 2.19. The van der Waals surface area contributed by atoms with E-state index in [9.17, 15) is 4.79 Å². The molecule has 0 aromatic carbocycles. The minimum Gasteiger partial charge on any atom is -0.396 e. The number of aliphatic hydroxyl groups is 1. The summed E-state index contributed by atoms with van der Waals surface area (Å²) in [7, 11) is 0. The van der Waals surface area contributed by atoms with Gasteiger partial charge >= 0.3 is 0 Å². The van der Waals surface area contributed by atoms with Crippen LogP contribution in [0.25, 0.3) is 0 Å². The van der Waals surface area contributed by atoms with E-state index in [-0.39, 0.29) is 17.9 Å². The standard InChI is InChI=1S/C13H22N2O2/c1-9-7-10(2)15-11(9)12(17)14-8-13(3,4)5-6-16/h7,15-16H,5-6,8H2,1-4H3,(H,14,17). The lowest BCUT2D eigenvalue weighted by Crippen LogP contribution is -2.35. The highest BCUT2D eigenvalue weighted by atomic mass is 16.3. The zero-order valence-electron chi connectivity index (χ0n) is 11.1. The van der Waals surface area contributed by atoms with E-state index in [0.717, 1.165) is 11.3 Å². The van der Waals surface area contributed by atoms with Gasteiger partial charge in [0.15, 0.2) is 0 Å². The molecule has 3 N–H and O–H groups in total. The van der Waals surface area contributed by atoms with Crippen LogP contribution >= 0.6 is 0 Å². The molecule has 96 valence electrons. The maximum absolute atomic E-state index is 11.9. The normalized spacial score (nSPS) is 11.6.